The van der Waals surface area contributed by atoms with E-state index in [1.807, 2.05) is 0 Å². The summed E-state index contributed by atoms with van der Waals surface area (Å²) in [5.41, 5.74) is 6.42. The Morgan fingerprint density at radius 1 is 1.25 bits per heavy atom. The first-order valence-corrected chi connectivity index (χ1v) is 7.34. The number of halogens is 1. The summed E-state index contributed by atoms with van der Waals surface area (Å²) in [5.74, 6) is 0.0142. The number of anilines is 1. The molecule has 0 spiro atoms. The molecular weight excluding hydrogens is 300 g/mol. The van der Waals surface area contributed by atoms with Gasteiger partial charge in [-0.3, -0.25) is 14.3 Å². The second kappa shape index (κ2) is 6.02. The van der Waals surface area contributed by atoms with E-state index in [-0.39, 0.29) is 11.4 Å². The molecule has 104 valence electrons. The van der Waals surface area contributed by atoms with Gasteiger partial charge >= 0.3 is 0 Å². The molecule has 0 aliphatic carbocycles. The summed E-state index contributed by atoms with van der Waals surface area (Å²) in [5, 5.41) is 11.3. The van der Waals surface area contributed by atoms with Crippen molar-refractivity contribution >= 4 is 33.8 Å². The van der Waals surface area contributed by atoms with Crippen LogP contribution in [0.15, 0.2) is 47.4 Å². The third-order valence-corrected chi connectivity index (χ3v) is 4.52. The van der Waals surface area contributed by atoms with E-state index in [1.54, 1.807) is 30.3 Å². The second-order valence-electron chi connectivity index (χ2n) is 4.07. The fourth-order valence-electron chi connectivity index (χ4n) is 1.72. The molecule has 2 aromatic rings. The number of nitro groups is 1. The molecule has 7 heteroatoms. The Hall–Kier alpha value is -1.92. The molecule has 0 radical (unpaired) electrons. The van der Waals surface area contributed by atoms with Crippen LogP contribution >= 0.6 is 11.6 Å². The van der Waals surface area contributed by atoms with E-state index < -0.39 is 15.7 Å². The number of para-hydroxylation sites is 1. The van der Waals surface area contributed by atoms with E-state index in [0.717, 1.165) is 0 Å². The number of nitrogens with two attached hydrogens (primary N) is 1. The minimum atomic E-state index is -1.50. The fraction of sp³-hybridized carbons (Fsp3) is 0.0769. The van der Waals surface area contributed by atoms with Gasteiger partial charge in [-0.05, 0) is 18.2 Å². The van der Waals surface area contributed by atoms with Gasteiger partial charge in [0.05, 0.1) is 31.4 Å². The summed E-state index contributed by atoms with van der Waals surface area (Å²) < 4.78 is 12.3. The standard InChI is InChI=1S/C13H11ClN2O3S/c14-11-6-5-10(15)7-13(11)20(19)8-9-3-1-2-4-12(9)16(17)18/h1-7H,8,15H2. The smallest absolute Gasteiger partial charge is 0.273 e. The molecule has 2 N–H and O–H groups in total. The van der Waals surface area contributed by atoms with Crippen LogP contribution < -0.4 is 5.73 Å². The molecule has 20 heavy (non-hydrogen) atoms. The normalized spacial score (nSPS) is 12.1. The number of nitrogens with zero attached hydrogens (tertiary/aromatic N) is 1. The summed E-state index contributed by atoms with van der Waals surface area (Å²) in [4.78, 5) is 10.8. The van der Waals surface area contributed by atoms with Crippen molar-refractivity contribution in [1.29, 1.82) is 0 Å². The Bertz CT molecular complexity index is 691. The lowest BCUT2D eigenvalue weighted by atomic mass is 10.2. The van der Waals surface area contributed by atoms with Gasteiger partial charge in [0.1, 0.15) is 0 Å². The molecule has 1 unspecified atom stereocenters. The Balaban J connectivity index is 2.33. The third-order valence-electron chi connectivity index (χ3n) is 2.68. The van der Waals surface area contributed by atoms with Crippen molar-refractivity contribution in [2.24, 2.45) is 0 Å². The lowest BCUT2D eigenvalue weighted by Crippen LogP contribution is -2.02. The Morgan fingerprint density at radius 3 is 2.65 bits per heavy atom. The average molecular weight is 311 g/mol. The van der Waals surface area contributed by atoms with E-state index in [2.05, 4.69) is 0 Å². The highest BCUT2D eigenvalue weighted by Gasteiger charge is 2.17. The summed E-state index contributed by atoms with van der Waals surface area (Å²) in [6.45, 7) is 0. The molecule has 5 nitrogen and oxygen atoms in total. The van der Waals surface area contributed by atoms with Gasteiger partial charge in [0.25, 0.3) is 5.69 Å². The van der Waals surface area contributed by atoms with Gasteiger partial charge in [-0.1, -0.05) is 29.8 Å². The lowest BCUT2D eigenvalue weighted by Gasteiger charge is -2.06. The van der Waals surface area contributed by atoms with Crippen molar-refractivity contribution in [3.8, 4) is 0 Å². The topological polar surface area (TPSA) is 86.2 Å². The molecule has 1 atom stereocenters. The number of rotatable bonds is 4. The van der Waals surface area contributed by atoms with E-state index in [1.165, 1.54) is 12.1 Å². The quantitative estimate of drug-likeness (QED) is 0.534. The zero-order valence-corrected chi connectivity index (χ0v) is 11.9. The summed E-state index contributed by atoms with van der Waals surface area (Å²) in [6.07, 6.45) is 0. The number of hydrogen-bond acceptors (Lipinski definition) is 4. The number of benzene rings is 2. The Kier molecular flexibility index (Phi) is 4.36. The minimum absolute atomic E-state index is 0.0142. The van der Waals surface area contributed by atoms with Crippen LogP contribution in [-0.4, -0.2) is 9.13 Å². The maximum Gasteiger partial charge on any atom is 0.273 e. The molecule has 0 aromatic heterocycles. The van der Waals surface area contributed by atoms with Crippen molar-refractivity contribution in [1.82, 2.24) is 0 Å². The van der Waals surface area contributed by atoms with Gasteiger partial charge in [-0.2, -0.15) is 0 Å². The molecular formula is C13H11ClN2O3S. The maximum atomic E-state index is 12.3. The first kappa shape index (κ1) is 14.5. The van der Waals surface area contributed by atoms with Gasteiger partial charge < -0.3 is 5.73 Å². The van der Waals surface area contributed by atoms with Crippen LogP contribution in [0.1, 0.15) is 5.56 Å². The SMILES string of the molecule is Nc1ccc(Cl)c(S(=O)Cc2ccccc2[N+](=O)[O-])c1. The molecule has 2 aromatic carbocycles. The summed E-state index contributed by atoms with van der Waals surface area (Å²) in [6, 6.07) is 10.9. The molecule has 2 rings (SSSR count). The average Bonchev–Trinajstić information content (AvgIpc) is 2.41. The van der Waals surface area contributed by atoms with Gasteiger partial charge in [0.15, 0.2) is 0 Å². The number of nitro benzene ring substituents is 1. The molecule has 0 heterocycles. The highest BCUT2D eigenvalue weighted by Crippen LogP contribution is 2.26. The third kappa shape index (κ3) is 3.15. The highest BCUT2D eigenvalue weighted by atomic mass is 35.5. The van der Waals surface area contributed by atoms with Gasteiger partial charge in [0, 0.05) is 17.3 Å². The monoisotopic (exact) mass is 310 g/mol. The van der Waals surface area contributed by atoms with Crippen LogP contribution in [0, 0.1) is 10.1 Å². The Morgan fingerprint density at radius 2 is 1.95 bits per heavy atom. The van der Waals surface area contributed by atoms with Crippen LogP contribution in [0.4, 0.5) is 11.4 Å². The van der Waals surface area contributed by atoms with Gasteiger partial charge in [-0.25, -0.2) is 0 Å². The van der Waals surface area contributed by atoms with E-state index in [0.29, 0.717) is 21.2 Å². The summed E-state index contributed by atoms with van der Waals surface area (Å²) in [7, 11) is -1.50. The van der Waals surface area contributed by atoms with Crippen LogP contribution in [-0.2, 0) is 16.6 Å². The number of hydrogen-bond donors (Lipinski definition) is 1. The molecule has 0 fully saturated rings. The van der Waals surface area contributed by atoms with Crippen molar-refractivity contribution in [3.05, 3.63) is 63.2 Å². The predicted molar refractivity (Wildman–Crippen MR) is 79.1 cm³/mol. The zero-order valence-electron chi connectivity index (χ0n) is 10.3. The predicted octanol–water partition coefficient (Wildman–Crippen LogP) is 3.14. The van der Waals surface area contributed by atoms with E-state index in [9.17, 15) is 14.3 Å². The number of nitrogen functional groups attached to an aromatic ring is 1. The van der Waals surface area contributed by atoms with Crippen LogP contribution in [0.25, 0.3) is 0 Å². The van der Waals surface area contributed by atoms with Crippen LogP contribution in [0.5, 0.6) is 0 Å². The van der Waals surface area contributed by atoms with Crippen molar-refractivity contribution in [2.45, 2.75) is 10.6 Å². The first-order valence-electron chi connectivity index (χ1n) is 5.64. The van der Waals surface area contributed by atoms with Crippen LogP contribution in [0.3, 0.4) is 0 Å². The summed E-state index contributed by atoms with van der Waals surface area (Å²) >= 11 is 5.98. The zero-order chi connectivity index (χ0) is 14.7. The molecule has 0 saturated carbocycles. The maximum absolute atomic E-state index is 12.3. The minimum Gasteiger partial charge on any atom is -0.399 e. The lowest BCUT2D eigenvalue weighted by molar-refractivity contribution is -0.385. The molecule has 0 amide bonds. The van der Waals surface area contributed by atoms with E-state index >= 15 is 0 Å². The van der Waals surface area contributed by atoms with Gasteiger partial charge in [0.2, 0.25) is 0 Å². The largest absolute Gasteiger partial charge is 0.399 e. The highest BCUT2D eigenvalue weighted by molar-refractivity contribution is 7.84. The van der Waals surface area contributed by atoms with Crippen molar-refractivity contribution < 1.29 is 9.13 Å². The molecule has 0 saturated heterocycles. The molecule has 0 aliphatic rings. The first-order chi connectivity index (χ1) is 9.49. The Labute approximate surface area is 123 Å². The van der Waals surface area contributed by atoms with Crippen molar-refractivity contribution in [3.63, 3.8) is 0 Å². The van der Waals surface area contributed by atoms with Crippen LogP contribution in [0.2, 0.25) is 5.02 Å². The second-order valence-corrected chi connectivity index (χ2v) is 5.89. The van der Waals surface area contributed by atoms with Crippen molar-refractivity contribution in [2.75, 3.05) is 5.73 Å². The molecule has 0 bridgehead atoms. The molecule has 0 aliphatic heterocycles. The fourth-order valence-corrected chi connectivity index (χ4v) is 3.34. The van der Waals surface area contributed by atoms with E-state index in [4.69, 9.17) is 17.3 Å². The van der Waals surface area contributed by atoms with Gasteiger partial charge in [-0.15, -0.1) is 0 Å².